The van der Waals surface area contributed by atoms with Gasteiger partial charge in [0.25, 0.3) is 0 Å². The van der Waals surface area contributed by atoms with E-state index in [0.29, 0.717) is 19.8 Å². The molecule has 7 heteroatoms. The Kier molecular flexibility index (Phi) is 7.54. The average Bonchev–Trinajstić information content (AvgIpc) is 3.58. The third kappa shape index (κ3) is 5.78. The highest BCUT2D eigenvalue weighted by atomic mass is 16.5. The van der Waals surface area contributed by atoms with Crippen LogP contribution in [0.25, 0.3) is 10.9 Å². The maximum Gasteiger partial charge on any atom is 0.239 e. The summed E-state index contributed by atoms with van der Waals surface area (Å²) in [6, 6.07) is 13.9. The molecule has 1 aliphatic rings. The highest BCUT2D eigenvalue weighted by molar-refractivity contribution is 5.91. The molecular formula is C24H29N3O4. The minimum atomic E-state index is 0.167. The van der Waals surface area contributed by atoms with E-state index < -0.39 is 0 Å². The number of nitrogens with zero attached hydrogens (tertiary/aromatic N) is 1. The molecule has 1 fully saturated rings. The summed E-state index contributed by atoms with van der Waals surface area (Å²) >= 11 is 0. The van der Waals surface area contributed by atoms with Gasteiger partial charge in [-0.1, -0.05) is 25.1 Å². The Balaban J connectivity index is 0.000000610. The largest absolute Gasteiger partial charge is 0.496 e. The summed E-state index contributed by atoms with van der Waals surface area (Å²) in [5, 5.41) is 6.69. The number of pyridine rings is 1. The Morgan fingerprint density at radius 1 is 1.10 bits per heavy atom. The number of para-hydroxylation sites is 1. The molecule has 0 aliphatic carbocycles. The van der Waals surface area contributed by atoms with E-state index in [-0.39, 0.29) is 5.91 Å². The van der Waals surface area contributed by atoms with E-state index >= 15 is 0 Å². The van der Waals surface area contributed by atoms with Crippen LogP contribution in [0, 0.1) is 6.92 Å². The van der Waals surface area contributed by atoms with Gasteiger partial charge in [-0.05, 0) is 37.6 Å². The van der Waals surface area contributed by atoms with E-state index in [1.165, 1.54) is 0 Å². The van der Waals surface area contributed by atoms with Crippen LogP contribution in [0.2, 0.25) is 0 Å². The molecule has 2 N–H and O–H groups in total. The Morgan fingerprint density at radius 2 is 1.87 bits per heavy atom. The van der Waals surface area contributed by atoms with Crippen LogP contribution in [0.15, 0.2) is 42.5 Å². The molecule has 2 aromatic carbocycles. The van der Waals surface area contributed by atoms with E-state index in [2.05, 4.69) is 28.6 Å². The van der Waals surface area contributed by atoms with Crippen molar-refractivity contribution in [2.24, 2.45) is 0 Å². The van der Waals surface area contributed by atoms with Gasteiger partial charge in [0.1, 0.15) is 23.6 Å². The van der Waals surface area contributed by atoms with E-state index in [1.807, 2.05) is 50.4 Å². The molecule has 0 spiro atoms. The number of carbonyl (C=O) groups is 1. The van der Waals surface area contributed by atoms with Crippen LogP contribution < -0.4 is 24.8 Å². The second-order valence-corrected chi connectivity index (χ2v) is 7.07. The van der Waals surface area contributed by atoms with Crippen LogP contribution in [0.5, 0.6) is 17.2 Å². The van der Waals surface area contributed by atoms with Crippen molar-refractivity contribution < 1.29 is 19.0 Å². The quantitative estimate of drug-likeness (QED) is 0.531. The number of carbonyl (C=O) groups excluding carboxylic acids is 1. The molecule has 31 heavy (non-hydrogen) atoms. The lowest BCUT2D eigenvalue weighted by molar-refractivity contribution is -0.110. The average molecular weight is 424 g/mol. The number of ether oxygens (including phenoxy) is 3. The van der Waals surface area contributed by atoms with Crippen molar-refractivity contribution in [3.8, 4) is 17.2 Å². The monoisotopic (exact) mass is 423 g/mol. The Labute approximate surface area is 182 Å². The number of amides is 1. The number of aromatic nitrogens is 1. The molecule has 7 nitrogen and oxygen atoms in total. The molecule has 0 radical (unpaired) electrons. The number of nitrogens with one attached hydrogen (secondary N) is 2. The van der Waals surface area contributed by atoms with Gasteiger partial charge in [0.15, 0.2) is 5.75 Å². The first-order valence-corrected chi connectivity index (χ1v) is 10.3. The second kappa shape index (κ2) is 10.5. The lowest BCUT2D eigenvalue weighted by atomic mass is 10.1. The number of benzene rings is 2. The van der Waals surface area contributed by atoms with Crippen LogP contribution in [0.1, 0.15) is 24.6 Å². The number of hydrogen-bond donors (Lipinski definition) is 2. The molecule has 0 saturated carbocycles. The molecule has 0 bridgehead atoms. The fourth-order valence-electron chi connectivity index (χ4n) is 3.02. The minimum Gasteiger partial charge on any atom is -0.496 e. The van der Waals surface area contributed by atoms with Gasteiger partial charge in [0, 0.05) is 18.1 Å². The Bertz CT molecular complexity index is 1050. The number of rotatable bonds is 8. The lowest BCUT2D eigenvalue weighted by Gasteiger charge is -2.19. The number of anilines is 1. The summed E-state index contributed by atoms with van der Waals surface area (Å²) in [5.74, 6) is 2.42. The van der Waals surface area contributed by atoms with Crippen molar-refractivity contribution in [2.75, 3.05) is 32.6 Å². The SMILES string of the molecule is CCCOc1c(NC)ccc(OC)c1COc1cccc2ccc(C)nc12.O=C1CN1. The molecule has 0 unspecified atom stereocenters. The van der Waals surface area contributed by atoms with Gasteiger partial charge in [-0.3, -0.25) is 4.79 Å². The van der Waals surface area contributed by atoms with Crippen molar-refractivity contribution >= 4 is 22.5 Å². The van der Waals surface area contributed by atoms with E-state index in [0.717, 1.165) is 51.5 Å². The first kappa shape index (κ1) is 22.2. The molecule has 0 atom stereocenters. The molecule has 1 amide bonds. The lowest BCUT2D eigenvalue weighted by Crippen LogP contribution is -2.07. The molecule has 4 rings (SSSR count). The Morgan fingerprint density at radius 3 is 2.52 bits per heavy atom. The third-order valence-electron chi connectivity index (χ3n) is 4.67. The summed E-state index contributed by atoms with van der Waals surface area (Å²) in [6.07, 6.45) is 0.924. The second-order valence-electron chi connectivity index (χ2n) is 7.07. The first-order valence-electron chi connectivity index (χ1n) is 10.3. The zero-order valence-corrected chi connectivity index (χ0v) is 18.5. The maximum absolute atomic E-state index is 9.44. The predicted octanol–water partition coefficient (Wildman–Crippen LogP) is 4.08. The summed E-state index contributed by atoms with van der Waals surface area (Å²) in [4.78, 5) is 14.1. The van der Waals surface area contributed by atoms with Gasteiger partial charge in [-0.2, -0.15) is 0 Å². The fraction of sp³-hybridized carbons (Fsp3) is 0.333. The zero-order valence-electron chi connectivity index (χ0n) is 18.5. The molecule has 2 heterocycles. The van der Waals surface area contributed by atoms with Crippen molar-refractivity contribution in [1.29, 1.82) is 0 Å². The van der Waals surface area contributed by atoms with Gasteiger partial charge in [-0.25, -0.2) is 4.98 Å². The van der Waals surface area contributed by atoms with Gasteiger partial charge in [0.2, 0.25) is 5.91 Å². The summed E-state index contributed by atoms with van der Waals surface area (Å²) < 4.78 is 17.7. The number of aryl methyl sites for hydroxylation is 1. The molecule has 1 saturated heterocycles. The molecule has 1 aliphatic heterocycles. The van der Waals surface area contributed by atoms with Gasteiger partial charge in [-0.15, -0.1) is 0 Å². The standard InChI is InChI=1S/C22H26N2O3.C2H3NO/c1-5-13-26-22-17(19(25-4)12-11-18(22)23-3)14-27-20-8-6-7-16-10-9-15(2)24-21(16)20;4-2-1-3-2/h6-12,23H,5,13-14H2,1-4H3;1H2,(H,3,4). The number of methoxy groups -OCH3 is 1. The van der Waals surface area contributed by atoms with Crippen LogP contribution in [-0.4, -0.2) is 38.2 Å². The molecule has 164 valence electrons. The molecular weight excluding hydrogens is 394 g/mol. The van der Waals surface area contributed by atoms with Crippen LogP contribution in [0.3, 0.4) is 0 Å². The van der Waals surface area contributed by atoms with Gasteiger partial charge >= 0.3 is 0 Å². The zero-order chi connectivity index (χ0) is 22.2. The van der Waals surface area contributed by atoms with E-state index in [9.17, 15) is 4.79 Å². The fourth-order valence-corrected chi connectivity index (χ4v) is 3.02. The Hall–Kier alpha value is -3.48. The normalized spacial score (nSPS) is 11.8. The topological polar surface area (TPSA) is 91.6 Å². The predicted molar refractivity (Wildman–Crippen MR) is 122 cm³/mol. The number of fused-ring (bicyclic) bond motifs is 1. The van der Waals surface area contributed by atoms with Crippen LogP contribution in [0.4, 0.5) is 5.69 Å². The van der Waals surface area contributed by atoms with E-state index in [1.54, 1.807) is 7.11 Å². The van der Waals surface area contributed by atoms with Crippen molar-refractivity contribution in [3.63, 3.8) is 0 Å². The minimum absolute atomic E-state index is 0.167. The summed E-state index contributed by atoms with van der Waals surface area (Å²) in [6.45, 7) is 5.61. The van der Waals surface area contributed by atoms with Crippen LogP contribution >= 0.6 is 0 Å². The smallest absolute Gasteiger partial charge is 0.239 e. The molecule has 1 aromatic heterocycles. The summed E-state index contributed by atoms with van der Waals surface area (Å²) in [7, 11) is 3.53. The maximum atomic E-state index is 9.44. The van der Waals surface area contributed by atoms with E-state index in [4.69, 9.17) is 14.2 Å². The number of hydrogen-bond acceptors (Lipinski definition) is 6. The summed E-state index contributed by atoms with van der Waals surface area (Å²) in [5.41, 5.74) is 3.61. The molecule has 3 aromatic rings. The third-order valence-corrected chi connectivity index (χ3v) is 4.67. The van der Waals surface area contributed by atoms with Gasteiger partial charge in [0.05, 0.1) is 31.5 Å². The van der Waals surface area contributed by atoms with Crippen molar-refractivity contribution in [3.05, 3.63) is 53.7 Å². The van der Waals surface area contributed by atoms with Gasteiger partial charge < -0.3 is 24.8 Å². The van der Waals surface area contributed by atoms with Crippen LogP contribution in [-0.2, 0) is 11.4 Å². The highest BCUT2D eigenvalue weighted by Crippen LogP contribution is 2.37. The first-order chi connectivity index (χ1) is 15.1. The highest BCUT2D eigenvalue weighted by Gasteiger charge is 2.17. The van der Waals surface area contributed by atoms with Crippen molar-refractivity contribution in [1.82, 2.24) is 10.3 Å². The van der Waals surface area contributed by atoms with Crippen molar-refractivity contribution in [2.45, 2.75) is 26.9 Å².